The van der Waals surface area contributed by atoms with Gasteiger partial charge in [-0.25, -0.2) is 0 Å². The van der Waals surface area contributed by atoms with Crippen molar-refractivity contribution in [3.05, 3.63) is 30.3 Å². The molecule has 0 bridgehead atoms. The van der Waals surface area contributed by atoms with Crippen molar-refractivity contribution in [2.45, 2.75) is 32.7 Å². The van der Waals surface area contributed by atoms with Crippen molar-refractivity contribution in [3.8, 4) is 0 Å². The van der Waals surface area contributed by atoms with Crippen LogP contribution >= 0.6 is 0 Å². The average molecular weight is 275 g/mol. The minimum absolute atomic E-state index is 0.706. The molecule has 3 nitrogen and oxygen atoms in total. The van der Waals surface area contributed by atoms with Gasteiger partial charge >= 0.3 is 0 Å². The van der Waals surface area contributed by atoms with E-state index in [0.717, 1.165) is 26.2 Å². The van der Waals surface area contributed by atoms with Gasteiger partial charge in [-0.2, -0.15) is 0 Å². The van der Waals surface area contributed by atoms with Crippen LogP contribution in [-0.4, -0.2) is 50.2 Å². The smallest absolute Gasteiger partial charge is 0.0367 e. The molecule has 3 heteroatoms. The lowest BCUT2D eigenvalue weighted by Gasteiger charge is -2.40. The molecule has 1 heterocycles. The summed E-state index contributed by atoms with van der Waals surface area (Å²) >= 11 is 0. The van der Waals surface area contributed by atoms with Gasteiger partial charge in [0.05, 0.1) is 0 Å². The minimum atomic E-state index is 0.706. The molecular weight excluding hydrogens is 246 g/mol. The summed E-state index contributed by atoms with van der Waals surface area (Å²) in [5.41, 5.74) is 1.37. The van der Waals surface area contributed by atoms with Crippen LogP contribution in [-0.2, 0) is 0 Å². The summed E-state index contributed by atoms with van der Waals surface area (Å²) in [5, 5.41) is 3.52. The van der Waals surface area contributed by atoms with Crippen LogP contribution in [0.3, 0.4) is 0 Å². The van der Waals surface area contributed by atoms with Crippen LogP contribution in [0.5, 0.6) is 0 Å². The van der Waals surface area contributed by atoms with Gasteiger partial charge in [-0.15, -0.1) is 0 Å². The highest BCUT2D eigenvalue weighted by atomic mass is 15.3. The molecule has 0 aliphatic carbocycles. The zero-order chi connectivity index (χ0) is 14.2. The predicted molar refractivity (Wildman–Crippen MR) is 87.5 cm³/mol. The fourth-order valence-corrected chi connectivity index (χ4v) is 3.04. The molecule has 0 radical (unpaired) electrons. The van der Waals surface area contributed by atoms with Gasteiger partial charge in [-0.3, -0.25) is 4.90 Å². The Morgan fingerprint density at radius 1 is 1.05 bits per heavy atom. The van der Waals surface area contributed by atoms with Gasteiger partial charge < -0.3 is 10.2 Å². The van der Waals surface area contributed by atoms with Gasteiger partial charge in [0.1, 0.15) is 0 Å². The summed E-state index contributed by atoms with van der Waals surface area (Å²) < 4.78 is 0. The van der Waals surface area contributed by atoms with E-state index in [2.05, 4.69) is 59.3 Å². The van der Waals surface area contributed by atoms with Crippen molar-refractivity contribution < 1.29 is 0 Å². The van der Waals surface area contributed by atoms with Crippen molar-refractivity contribution in [3.63, 3.8) is 0 Å². The first-order valence-corrected chi connectivity index (χ1v) is 8.10. The predicted octanol–water partition coefficient (Wildman–Crippen LogP) is 2.59. The van der Waals surface area contributed by atoms with E-state index < -0.39 is 0 Å². The maximum absolute atomic E-state index is 3.52. The molecule has 0 amide bonds. The lowest BCUT2D eigenvalue weighted by molar-refractivity contribution is 0.172. The van der Waals surface area contributed by atoms with Crippen LogP contribution < -0.4 is 10.2 Å². The highest BCUT2D eigenvalue weighted by Crippen LogP contribution is 2.17. The number of piperazine rings is 1. The Morgan fingerprint density at radius 2 is 1.75 bits per heavy atom. The SMILES string of the molecule is CCCC(CNCC)N1CCN(c2ccccc2)CC1. The Bertz CT molecular complexity index is 358. The van der Waals surface area contributed by atoms with Crippen LogP contribution in [0.15, 0.2) is 30.3 Å². The number of nitrogens with one attached hydrogen (secondary N) is 1. The van der Waals surface area contributed by atoms with E-state index in [1.807, 2.05) is 0 Å². The monoisotopic (exact) mass is 275 g/mol. The number of benzene rings is 1. The number of para-hydroxylation sites is 1. The third kappa shape index (κ3) is 4.22. The molecular formula is C17H29N3. The van der Waals surface area contributed by atoms with E-state index >= 15 is 0 Å². The van der Waals surface area contributed by atoms with Crippen molar-refractivity contribution in [2.24, 2.45) is 0 Å². The van der Waals surface area contributed by atoms with E-state index in [4.69, 9.17) is 0 Å². The Labute approximate surface area is 124 Å². The largest absolute Gasteiger partial charge is 0.369 e. The summed E-state index contributed by atoms with van der Waals surface area (Å²) in [6, 6.07) is 11.5. The zero-order valence-electron chi connectivity index (χ0n) is 13.0. The first kappa shape index (κ1) is 15.3. The van der Waals surface area contributed by atoms with Crippen LogP contribution in [0.4, 0.5) is 5.69 Å². The van der Waals surface area contributed by atoms with Crippen LogP contribution in [0.25, 0.3) is 0 Å². The van der Waals surface area contributed by atoms with E-state index in [0.29, 0.717) is 6.04 Å². The third-order valence-corrected chi connectivity index (χ3v) is 4.20. The summed E-state index contributed by atoms with van der Waals surface area (Å²) in [5.74, 6) is 0. The first-order chi connectivity index (χ1) is 9.85. The minimum Gasteiger partial charge on any atom is -0.369 e. The maximum Gasteiger partial charge on any atom is 0.0367 e. The molecule has 1 saturated heterocycles. The Hall–Kier alpha value is -1.06. The van der Waals surface area contributed by atoms with E-state index in [1.165, 1.54) is 31.6 Å². The van der Waals surface area contributed by atoms with Crippen LogP contribution in [0, 0.1) is 0 Å². The van der Waals surface area contributed by atoms with Crippen LogP contribution in [0.1, 0.15) is 26.7 Å². The molecule has 2 rings (SSSR count). The number of hydrogen-bond donors (Lipinski definition) is 1. The molecule has 1 aliphatic heterocycles. The van der Waals surface area contributed by atoms with Crippen molar-refractivity contribution in [1.82, 2.24) is 10.2 Å². The molecule has 1 N–H and O–H groups in total. The summed E-state index contributed by atoms with van der Waals surface area (Å²) in [6.45, 7) is 11.4. The molecule has 1 aromatic rings. The van der Waals surface area contributed by atoms with Crippen molar-refractivity contribution in [2.75, 3.05) is 44.2 Å². The standard InChI is InChI=1S/C17H29N3/c1-3-8-17(15-18-4-2)20-13-11-19(12-14-20)16-9-6-5-7-10-16/h5-7,9-10,17-18H,3-4,8,11-15H2,1-2H3. The third-order valence-electron chi connectivity index (χ3n) is 4.20. The second-order valence-corrected chi connectivity index (χ2v) is 5.61. The molecule has 112 valence electrons. The van der Waals surface area contributed by atoms with Gasteiger partial charge in [0, 0.05) is 44.5 Å². The lowest BCUT2D eigenvalue weighted by atomic mass is 10.1. The molecule has 1 atom stereocenters. The number of anilines is 1. The summed E-state index contributed by atoms with van der Waals surface area (Å²) in [7, 11) is 0. The Morgan fingerprint density at radius 3 is 2.35 bits per heavy atom. The molecule has 1 fully saturated rings. The first-order valence-electron chi connectivity index (χ1n) is 8.10. The van der Waals surface area contributed by atoms with E-state index in [-0.39, 0.29) is 0 Å². The molecule has 1 aliphatic rings. The van der Waals surface area contributed by atoms with Gasteiger partial charge in [0.15, 0.2) is 0 Å². The normalized spacial score (nSPS) is 18.2. The summed E-state index contributed by atoms with van der Waals surface area (Å²) in [4.78, 5) is 5.18. The molecule has 1 unspecified atom stereocenters. The molecule has 0 spiro atoms. The van der Waals surface area contributed by atoms with Gasteiger partial charge in [0.25, 0.3) is 0 Å². The van der Waals surface area contributed by atoms with Gasteiger partial charge in [-0.05, 0) is 25.1 Å². The average Bonchev–Trinajstić information content (AvgIpc) is 2.52. The maximum atomic E-state index is 3.52. The quantitative estimate of drug-likeness (QED) is 0.825. The lowest BCUT2D eigenvalue weighted by Crippen LogP contribution is -2.53. The highest BCUT2D eigenvalue weighted by Gasteiger charge is 2.22. The fraction of sp³-hybridized carbons (Fsp3) is 0.647. The zero-order valence-corrected chi connectivity index (χ0v) is 13.0. The topological polar surface area (TPSA) is 18.5 Å². The number of nitrogens with zero attached hydrogens (tertiary/aromatic N) is 2. The number of rotatable bonds is 7. The van der Waals surface area contributed by atoms with Crippen molar-refractivity contribution >= 4 is 5.69 Å². The fourth-order valence-electron chi connectivity index (χ4n) is 3.04. The van der Waals surface area contributed by atoms with Crippen molar-refractivity contribution in [1.29, 1.82) is 0 Å². The number of hydrogen-bond acceptors (Lipinski definition) is 3. The second-order valence-electron chi connectivity index (χ2n) is 5.61. The highest BCUT2D eigenvalue weighted by molar-refractivity contribution is 5.46. The van der Waals surface area contributed by atoms with Gasteiger partial charge in [0.2, 0.25) is 0 Å². The Balaban J connectivity index is 1.85. The Kier molecular flexibility index (Phi) is 6.34. The molecule has 0 aromatic heterocycles. The molecule has 1 aromatic carbocycles. The molecule has 0 saturated carbocycles. The molecule has 20 heavy (non-hydrogen) atoms. The number of likely N-dealkylation sites (N-methyl/N-ethyl adjacent to an activating group) is 1. The van der Waals surface area contributed by atoms with E-state index in [9.17, 15) is 0 Å². The van der Waals surface area contributed by atoms with Crippen LogP contribution in [0.2, 0.25) is 0 Å². The summed E-state index contributed by atoms with van der Waals surface area (Å²) in [6.07, 6.45) is 2.58. The second kappa shape index (κ2) is 8.28. The van der Waals surface area contributed by atoms with Gasteiger partial charge in [-0.1, -0.05) is 38.5 Å². The van der Waals surface area contributed by atoms with E-state index in [1.54, 1.807) is 0 Å².